The van der Waals surface area contributed by atoms with Gasteiger partial charge in [0, 0.05) is 36.1 Å². The summed E-state index contributed by atoms with van der Waals surface area (Å²) < 4.78 is 16.9. The second-order valence-electron chi connectivity index (χ2n) is 6.39. The lowest BCUT2D eigenvalue weighted by Gasteiger charge is -2.10. The minimum Gasteiger partial charge on any atom is -0.383 e. The fourth-order valence-corrected chi connectivity index (χ4v) is 3.28. The Hall–Kier alpha value is -3.19. The van der Waals surface area contributed by atoms with Crippen molar-refractivity contribution < 1.29 is 4.39 Å². The first kappa shape index (κ1) is 18.2. The molecular weight excluding hydrogens is 381 g/mol. The molecule has 0 amide bonds. The molecule has 0 aliphatic heterocycles. The summed E-state index contributed by atoms with van der Waals surface area (Å²) in [5, 5.41) is 8.97. The first-order chi connectivity index (χ1) is 13.5. The van der Waals surface area contributed by atoms with Crippen LogP contribution in [0.25, 0.3) is 16.7 Å². The number of halogens is 2. The SMILES string of the molecule is Cc1cn(-c2ccc(=O)n(CCNc3ccnc(Cl)c3)n2)c2cc(F)ccc12. The van der Waals surface area contributed by atoms with Crippen molar-refractivity contribution in [1.82, 2.24) is 19.3 Å². The number of hydrogen-bond donors (Lipinski definition) is 1. The predicted molar refractivity (Wildman–Crippen MR) is 108 cm³/mol. The van der Waals surface area contributed by atoms with Crippen molar-refractivity contribution >= 4 is 28.2 Å². The molecule has 6 nitrogen and oxygen atoms in total. The van der Waals surface area contributed by atoms with E-state index in [2.05, 4.69) is 15.4 Å². The maximum Gasteiger partial charge on any atom is 0.266 e. The minimum absolute atomic E-state index is 0.210. The van der Waals surface area contributed by atoms with Gasteiger partial charge in [-0.1, -0.05) is 11.6 Å². The molecule has 4 aromatic rings. The molecule has 0 fully saturated rings. The highest BCUT2D eigenvalue weighted by atomic mass is 35.5. The van der Waals surface area contributed by atoms with E-state index >= 15 is 0 Å². The molecule has 0 aliphatic rings. The molecule has 0 unspecified atom stereocenters. The highest BCUT2D eigenvalue weighted by Gasteiger charge is 2.10. The van der Waals surface area contributed by atoms with Crippen LogP contribution in [0.4, 0.5) is 10.1 Å². The van der Waals surface area contributed by atoms with Crippen molar-refractivity contribution in [3.63, 3.8) is 0 Å². The van der Waals surface area contributed by atoms with Crippen LogP contribution in [0.3, 0.4) is 0 Å². The number of nitrogens with zero attached hydrogens (tertiary/aromatic N) is 4. The number of aryl methyl sites for hydroxylation is 1. The van der Waals surface area contributed by atoms with E-state index in [1.165, 1.54) is 22.9 Å². The number of pyridine rings is 1. The van der Waals surface area contributed by atoms with E-state index in [1.807, 2.05) is 13.1 Å². The normalized spacial score (nSPS) is 11.1. The quantitative estimate of drug-likeness (QED) is 0.520. The molecule has 1 aromatic carbocycles. The maximum absolute atomic E-state index is 13.7. The summed E-state index contributed by atoms with van der Waals surface area (Å²) in [5.74, 6) is 0.232. The summed E-state index contributed by atoms with van der Waals surface area (Å²) in [6, 6.07) is 11.2. The second-order valence-corrected chi connectivity index (χ2v) is 6.78. The molecule has 8 heteroatoms. The fraction of sp³-hybridized carbons (Fsp3) is 0.150. The summed E-state index contributed by atoms with van der Waals surface area (Å²) in [6.07, 6.45) is 3.49. The van der Waals surface area contributed by atoms with Crippen LogP contribution >= 0.6 is 11.6 Å². The van der Waals surface area contributed by atoms with E-state index in [9.17, 15) is 9.18 Å². The van der Waals surface area contributed by atoms with Crippen molar-refractivity contribution in [1.29, 1.82) is 0 Å². The molecule has 3 heterocycles. The Bertz CT molecular complexity index is 1220. The summed E-state index contributed by atoms with van der Waals surface area (Å²) in [4.78, 5) is 16.1. The monoisotopic (exact) mass is 397 g/mol. The van der Waals surface area contributed by atoms with Gasteiger partial charge in [0.2, 0.25) is 0 Å². The zero-order chi connectivity index (χ0) is 19.7. The minimum atomic E-state index is -0.319. The number of benzene rings is 1. The standard InChI is InChI=1S/C20H17ClFN5O/c1-13-12-26(17-10-14(22)2-3-16(13)17)19-4-5-20(28)27(25-19)9-8-23-15-6-7-24-18(21)11-15/h2-7,10-12H,8-9H2,1H3,(H,23,24). The van der Waals surface area contributed by atoms with Gasteiger partial charge in [-0.25, -0.2) is 14.1 Å². The number of hydrogen-bond acceptors (Lipinski definition) is 4. The van der Waals surface area contributed by atoms with E-state index < -0.39 is 0 Å². The third-order valence-corrected chi connectivity index (χ3v) is 4.65. The molecule has 0 atom stereocenters. The van der Waals surface area contributed by atoms with Gasteiger partial charge in [-0.3, -0.25) is 9.36 Å². The van der Waals surface area contributed by atoms with Crippen LogP contribution in [0.1, 0.15) is 5.56 Å². The van der Waals surface area contributed by atoms with Crippen LogP contribution in [0, 0.1) is 12.7 Å². The summed E-state index contributed by atoms with van der Waals surface area (Å²) in [7, 11) is 0. The highest BCUT2D eigenvalue weighted by Crippen LogP contribution is 2.24. The topological polar surface area (TPSA) is 64.7 Å². The number of nitrogens with one attached hydrogen (secondary N) is 1. The third-order valence-electron chi connectivity index (χ3n) is 4.45. The average Bonchev–Trinajstić information content (AvgIpc) is 2.99. The van der Waals surface area contributed by atoms with E-state index in [4.69, 9.17) is 11.6 Å². The smallest absolute Gasteiger partial charge is 0.266 e. The van der Waals surface area contributed by atoms with Gasteiger partial charge in [0.15, 0.2) is 5.82 Å². The number of fused-ring (bicyclic) bond motifs is 1. The summed E-state index contributed by atoms with van der Waals surface area (Å²) in [5.41, 5.74) is 2.31. The van der Waals surface area contributed by atoms with Gasteiger partial charge in [0.1, 0.15) is 11.0 Å². The Labute approximate surface area is 165 Å². The Morgan fingerprint density at radius 3 is 2.86 bits per heavy atom. The van der Waals surface area contributed by atoms with Crippen molar-refractivity contribution in [3.05, 3.63) is 81.7 Å². The summed E-state index contributed by atoms with van der Waals surface area (Å²) >= 11 is 5.87. The van der Waals surface area contributed by atoms with Crippen molar-refractivity contribution in [2.24, 2.45) is 0 Å². The molecular formula is C20H17ClFN5O. The van der Waals surface area contributed by atoms with Crippen LogP contribution in [-0.4, -0.2) is 25.9 Å². The van der Waals surface area contributed by atoms with Crippen LogP contribution in [-0.2, 0) is 6.54 Å². The number of rotatable bonds is 5. The summed E-state index contributed by atoms with van der Waals surface area (Å²) in [6.45, 7) is 2.80. The molecule has 0 bridgehead atoms. The molecule has 0 spiro atoms. The molecule has 142 valence electrons. The molecule has 0 aliphatic carbocycles. The van der Waals surface area contributed by atoms with E-state index in [-0.39, 0.29) is 11.4 Å². The molecule has 4 rings (SSSR count). The molecule has 1 N–H and O–H groups in total. The lowest BCUT2D eigenvalue weighted by Crippen LogP contribution is -2.26. The van der Waals surface area contributed by atoms with Crippen LogP contribution in [0.5, 0.6) is 0 Å². The predicted octanol–water partition coefficient (Wildman–Crippen LogP) is 3.80. The van der Waals surface area contributed by atoms with E-state index in [0.717, 1.165) is 16.6 Å². The first-order valence-electron chi connectivity index (χ1n) is 8.72. The second kappa shape index (κ2) is 7.44. The largest absolute Gasteiger partial charge is 0.383 e. The highest BCUT2D eigenvalue weighted by molar-refractivity contribution is 6.29. The van der Waals surface area contributed by atoms with Crippen molar-refractivity contribution in [2.75, 3.05) is 11.9 Å². The molecule has 0 saturated heterocycles. The van der Waals surface area contributed by atoms with Crippen molar-refractivity contribution in [3.8, 4) is 5.82 Å². The zero-order valence-electron chi connectivity index (χ0n) is 15.1. The average molecular weight is 398 g/mol. The van der Waals surface area contributed by atoms with Gasteiger partial charge < -0.3 is 5.32 Å². The Kier molecular flexibility index (Phi) is 4.83. The van der Waals surface area contributed by atoms with Crippen LogP contribution < -0.4 is 10.9 Å². The van der Waals surface area contributed by atoms with Crippen LogP contribution in [0.15, 0.2) is 59.7 Å². The van der Waals surface area contributed by atoms with Crippen molar-refractivity contribution in [2.45, 2.75) is 13.5 Å². The molecule has 28 heavy (non-hydrogen) atoms. The third kappa shape index (κ3) is 3.61. The molecule has 0 saturated carbocycles. The van der Waals surface area contributed by atoms with E-state index in [1.54, 1.807) is 35.0 Å². The first-order valence-corrected chi connectivity index (χ1v) is 9.10. The maximum atomic E-state index is 13.7. The molecule has 3 aromatic heterocycles. The van der Waals surface area contributed by atoms with E-state index in [0.29, 0.717) is 29.6 Å². The Morgan fingerprint density at radius 1 is 1.18 bits per heavy atom. The van der Waals surface area contributed by atoms with Gasteiger partial charge >= 0.3 is 0 Å². The Balaban J connectivity index is 1.61. The number of aromatic nitrogens is 4. The van der Waals surface area contributed by atoms with Gasteiger partial charge in [-0.15, -0.1) is 0 Å². The van der Waals surface area contributed by atoms with Gasteiger partial charge in [-0.05, 0) is 48.9 Å². The van der Waals surface area contributed by atoms with Gasteiger partial charge in [0.05, 0.1) is 12.1 Å². The number of anilines is 1. The van der Waals surface area contributed by atoms with Crippen LogP contribution in [0.2, 0.25) is 5.15 Å². The zero-order valence-corrected chi connectivity index (χ0v) is 15.8. The Morgan fingerprint density at radius 2 is 2.04 bits per heavy atom. The fourth-order valence-electron chi connectivity index (χ4n) is 3.11. The van der Waals surface area contributed by atoms with Gasteiger partial charge in [0.25, 0.3) is 5.56 Å². The lowest BCUT2D eigenvalue weighted by molar-refractivity contribution is 0.590. The lowest BCUT2D eigenvalue weighted by atomic mass is 10.2. The van der Waals surface area contributed by atoms with Gasteiger partial charge in [-0.2, -0.15) is 5.10 Å². The molecule has 0 radical (unpaired) electrons.